The molecule has 1 fully saturated rings. The van der Waals surface area contributed by atoms with Crippen molar-refractivity contribution < 1.29 is 35.0 Å². The number of hydrogen-bond acceptors (Lipinski definition) is 7. The zero-order valence-electron chi connectivity index (χ0n) is 10.9. The van der Waals surface area contributed by atoms with Crippen LogP contribution in [0, 0.1) is 6.92 Å². The lowest BCUT2D eigenvalue weighted by Gasteiger charge is -2.39. The summed E-state index contributed by atoms with van der Waals surface area (Å²) in [6.45, 7) is 1.18. The van der Waals surface area contributed by atoms with Crippen molar-refractivity contribution >= 4 is 0 Å². The molecule has 1 aromatic carbocycles. The van der Waals surface area contributed by atoms with Crippen LogP contribution in [0.2, 0.25) is 0 Å². The molecule has 0 radical (unpaired) electrons. The maximum Gasteiger partial charge on any atom is 0.229 e. The van der Waals surface area contributed by atoms with Gasteiger partial charge < -0.3 is 35.0 Å². The van der Waals surface area contributed by atoms with Gasteiger partial charge in [0, 0.05) is 0 Å². The quantitative estimate of drug-likeness (QED) is 0.477. The van der Waals surface area contributed by atoms with Crippen molar-refractivity contribution in [2.75, 3.05) is 6.61 Å². The Morgan fingerprint density at radius 1 is 1.15 bits per heavy atom. The first-order chi connectivity index (χ1) is 9.43. The van der Waals surface area contributed by atoms with E-state index in [9.17, 15) is 20.4 Å². The minimum Gasteiger partial charge on any atom is -0.508 e. The number of phenolic OH excluding ortho intramolecular Hbond substituents is 1. The molecule has 7 nitrogen and oxygen atoms in total. The highest BCUT2D eigenvalue weighted by Gasteiger charge is 2.44. The summed E-state index contributed by atoms with van der Waals surface area (Å²) in [5.74, 6) is 0.427. The molecule has 0 aromatic heterocycles. The summed E-state index contributed by atoms with van der Waals surface area (Å²) in [6, 6.07) is 4.37. The maximum atomic E-state index is 9.84. The Balaban J connectivity index is 2.15. The van der Waals surface area contributed by atoms with E-state index in [4.69, 9.17) is 14.6 Å². The van der Waals surface area contributed by atoms with Gasteiger partial charge in [-0.15, -0.1) is 0 Å². The van der Waals surface area contributed by atoms with E-state index in [-0.39, 0.29) is 5.75 Å². The zero-order chi connectivity index (χ0) is 14.9. The fourth-order valence-corrected chi connectivity index (χ4v) is 2.06. The maximum absolute atomic E-state index is 9.84. The molecule has 2 rings (SSSR count). The molecule has 112 valence electrons. The van der Waals surface area contributed by atoms with Crippen molar-refractivity contribution in [3.63, 3.8) is 0 Å². The third-order valence-electron chi connectivity index (χ3n) is 3.25. The standard InChI is InChI=1S/C13H18O7/c1-6-4-7(15)2-3-8(6)19-13-12(18)11(17)10(16)9(5-14)20-13/h2-4,9-18H,5H2,1H3/t9-,10-,11+,12-,13-/m0/s1. The molecule has 0 amide bonds. The average Bonchev–Trinajstić information content (AvgIpc) is 2.42. The molecule has 0 aliphatic carbocycles. The van der Waals surface area contributed by atoms with Crippen LogP contribution >= 0.6 is 0 Å². The highest BCUT2D eigenvalue weighted by atomic mass is 16.7. The fourth-order valence-electron chi connectivity index (χ4n) is 2.06. The van der Waals surface area contributed by atoms with Crippen molar-refractivity contribution in [3.05, 3.63) is 23.8 Å². The lowest BCUT2D eigenvalue weighted by atomic mass is 9.99. The number of ether oxygens (including phenoxy) is 2. The highest BCUT2D eigenvalue weighted by molar-refractivity contribution is 5.38. The van der Waals surface area contributed by atoms with E-state index in [1.165, 1.54) is 18.2 Å². The highest BCUT2D eigenvalue weighted by Crippen LogP contribution is 2.28. The summed E-state index contributed by atoms with van der Waals surface area (Å²) >= 11 is 0. The lowest BCUT2D eigenvalue weighted by Crippen LogP contribution is -2.60. The molecule has 1 aliphatic heterocycles. The van der Waals surface area contributed by atoms with Gasteiger partial charge in [0.1, 0.15) is 35.9 Å². The third-order valence-corrected chi connectivity index (χ3v) is 3.25. The Morgan fingerprint density at radius 3 is 2.45 bits per heavy atom. The fraction of sp³-hybridized carbons (Fsp3) is 0.538. The molecule has 0 spiro atoms. The molecule has 20 heavy (non-hydrogen) atoms. The summed E-state index contributed by atoms with van der Waals surface area (Å²) in [4.78, 5) is 0. The van der Waals surface area contributed by atoms with Crippen molar-refractivity contribution in [3.8, 4) is 11.5 Å². The van der Waals surface area contributed by atoms with Crippen LogP contribution in [0.4, 0.5) is 0 Å². The van der Waals surface area contributed by atoms with Crippen LogP contribution in [0.3, 0.4) is 0 Å². The summed E-state index contributed by atoms with van der Waals surface area (Å²) in [7, 11) is 0. The lowest BCUT2D eigenvalue weighted by molar-refractivity contribution is -0.277. The first-order valence-electron chi connectivity index (χ1n) is 6.21. The topological polar surface area (TPSA) is 120 Å². The Hall–Kier alpha value is -1.38. The Morgan fingerprint density at radius 2 is 1.85 bits per heavy atom. The molecule has 1 aliphatic rings. The number of rotatable bonds is 3. The van der Waals surface area contributed by atoms with Crippen molar-refractivity contribution in [2.24, 2.45) is 0 Å². The molecule has 0 unspecified atom stereocenters. The Labute approximate surface area is 115 Å². The number of aryl methyl sites for hydroxylation is 1. The number of phenols is 1. The van der Waals surface area contributed by atoms with E-state index < -0.39 is 37.3 Å². The average molecular weight is 286 g/mol. The Kier molecular flexibility index (Phi) is 4.46. The van der Waals surface area contributed by atoms with Gasteiger partial charge in [0.25, 0.3) is 0 Å². The van der Waals surface area contributed by atoms with Gasteiger partial charge in [-0.3, -0.25) is 0 Å². The predicted octanol–water partition coefficient (Wildman–Crippen LogP) is -1.12. The summed E-state index contributed by atoms with van der Waals surface area (Å²) in [6.07, 6.45) is -6.61. The summed E-state index contributed by atoms with van der Waals surface area (Å²) in [5, 5.41) is 47.5. The second kappa shape index (κ2) is 5.94. The Bertz CT molecular complexity index is 462. The molecular weight excluding hydrogens is 268 g/mol. The van der Waals surface area contributed by atoms with Crippen LogP contribution in [0.5, 0.6) is 11.5 Å². The van der Waals surface area contributed by atoms with Gasteiger partial charge in [0.15, 0.2) is 0 Å². The van der Waals surface area contributed by atoms with Crippen molar-refractivity contribution in [1.82, 2.24) is 0 Å². The monoisotopic (exact) mass is 286 g/mol. The molecule has 7 heteroatoms. The first kappa shape index (κ1) is 15.0. The van der Waals surface area contributed by atoms with E-state index >= 15 is 0 Å². The molecule has 1 aromatic rings. The molecule has 5 N–H and O–H groups in total. The predicted molar refractivity (Wildman–Crippen MR) is 67.2 cm³/mol. The van der Waals surface area contributed by atoms with Crippen LogP contribution in [0.15, 0.2) is 18.2 Å². The van der Waals surface area contributed by atoms with Gasteiger partial charge in [-0.1, -0.05) is 0 Å². The van der Waals surface area contributed by atoms with E-state index in [2.05, 4.69) is 0 Å². The van der Waals surface area contributed by atoms with Gasteiger partial charge in [0.05, 0.1) is 6.61 Å². The second-order valence-electron chi connectivity index (χ2n) is 4.76. The van der Waals surface area contributed by atoms with Crippen LogP contribution < -0.4 is 4.74 Å². The van der Waals surface area contributed by atoms with Gasteiger partial charge in [-0.2, -0.15) is 0 Å². The summed E-state index contributed by atoms with van der Waals surface area (Å²) in [5.41, 5.74) is 0.613. The van der Waals surface area contributed by atoms with Crippen molar-refractivity contribution in [2.45, 2.75) is 37.6 Å². The number of aliphatic hydroxyl groups excluding tert-OH is 4. The van der Waals surface area contributed by atoms with E-state index in [0.29, 0.717) is 11.3 Å². The SMILES string of the molecule is Cc1cc(O)ccc1O[C@H]1O[C@@H](CO)[C@H](O)[C@@H](O)[C@@H]1O. The second-order valence-corrected chi connectivity index (χ2v) is 4.76. The third kappa shape index (κ3) is 2.87. The first-order valence-corrected chi connectivity index (χ1v) is 6.21. The summed E-state index contributed by atoms with van der Waals surface area (Å²) < 4.78 is 10.7. The van der Waals surface area contributed by atoms with Crippen LogP contribution in [0.25, 0.3) is 0 Å². The van der Waals surface area contributed by atoms with Crippen LogP contribution in [-0.4, -0.2) is 62.8 Å². The molecular formula is C13H18O7. The number of hydrogen-bond donors (Lipinski definition) is 5. The van der Waals surface area contributed by atoms with Gasteiger partial charge in [-0.25, -0.2) is 0 Å². The zero-order valence-corrected chi connectivity index (χ0v) is 10.9. The largest absolute Gasteiger partial charge is 0.508 e. The molecule has 0 bridgehead atoms. The number of benzene rings is 1. The van der Waals surface area contributed by atoms with Gasteiger partial charge in [0.2, 0.25) is 6.29 Å². The minimum atomic E-state index is -1.48. The van der Waals surface area contributed by atoms with Gasteiger partial charge in [-0.05, 0) is 30.7 Å². The van der Waals surface area contributed by atoms with Crippen LogP contribution in [-0.2, 0) is 4.74 Å². The molecule has 0 saturated carbocycles. The molecule has 1 saturated heterocycles. The van der Waals surface area contributed by atoms with E-state index in [1.54, 1.807) is 6.92 Å². The van der Waals surface area contributed by atoms with Gasteiger partial charge >= 0.3 is 0 Å². The van der Waals surface area contributed by atoms with Crippen molar-refractivity contribution in [1.29, 1.82) is 0 Å². The molecule has 1 heterocycles. The normalized spacial score (nSPS) is 34.0. The number of aromatic hydroxyl groups is 1. The number of aliphatic hydroxyl groups is 4. The smallest absolute Gasteiger partial charge is 0.229 e. The molecule has 5 atom stereocenters. The van der Waals surface area contributed by atoms with Crippen LogP contribution in [0.1, 0.15) is 5.56 Å². The van der Waals surface area contributed by atoms with E-state index in [1.807, 2.05) is 0 Å². The minimum absolute atomic E-state index is 0.0728. The van der Waals surface area contributed by atoms with E-state index in [0.717, 1.165) is 0 Å².